The van der Waals surface area contributed by atoms with Crippen LogP contribution in [0.3, 0.4) is 0 Å². The molecular formula is C18H20INO2S. The summed E-state index contributed by atoms with van der Waals surface area (Å²) in [5, 5.41) is 3.16. The Kier molecular flexibility index (Phi) is 5.71. The fourth-order valence-corrected chi connectivity index (χ4v) is 4.83. The summed E-state index contributed by atoms with van der Waals surface area (Å²) in [5.41, 5.74) is 0.662. The molecule has 1 aromatic heterocycles. The van der Waals surface area contributed by atoms with E-state index in [1.165, 1.54) is 7.76 Å². The Labute approximate surface area is 154 Å². The standard InChI is InChI=1S/C18H20INO2S/c19-16-7-6-15(23-16)8-11-20-17(21)18(9-12-22-13-10-18)14-4-2-1-3-5-14/h1-7H,8-13H2,(H,20,21). The molecule has 1 aliphatic heterocycles. The summed E-state index contributed by atoms with van der Waals surface area (Å²) in [4.78, 5) is 14.3. The molecule has 1 aromatic carbocycles. The molecule has 23 heavy (non-hydrogen) atoms. The van der Waals surface area contributed by atoms with Crippen LogP contribution in [0.25, 0.3) is 0 Å². The zero-order valence-corrected chi connectivity index (χ0v) is 15.9. The lowest BCUT2D eigenvalue weighted by atomic mass is 9.73. The smallest absolute Gasteiger partial charge is 0.230 e. The number of hydrogen-bond acceptors (Lipinski definition) is 3. The van der Waals surface area contributed by atoms with Crippen molar-refractivity contribution in [1.82, 2.24) is 5.32 Å². The quantitative estimate of drug-likeness (QED) is 0.718. The first-order chi connectivity index (χ1) is 11.2. The van der Waals surface area contributed by atoms with Gasteiger partial charge in [-0.2, -0.15) is 0 Å². The first-order valence-electron chi connectivity index (χ1n) is 7.86. The third-order valence-corrected chi connectivity index (χ3v) is 6.35. The number of halogens is 1. The average molecular weight is 441 g/mol. The second-order valence-electron chi connectivity index (χ2n) is 5.77. The van der Waals surface area contributed by atoms with Crippen LogP contribution in [0.5, 0.6) is 0 Å². The first-order valence-corrected chi connectivity index (χ1v) is 9.76. The van der Waals surface area contributed by atoms with Gasteiger partial charge in [-0.15, -0.1) is 11.3 Å². The van der Waals surface area contributed by atoms with Crippen molar-refractivity contribution in [3.63, 3.8) is 0 Å². The molecule has 1 aliphatic rings. The van der Waals surface area contributed by atoms with Gasteiger partial charge in [0.25, 0.3) is 0 Å². The van der Waals surface area contributed by atoms with Gasteiger partial charge in [-0.3, -0.25) is 4.79 Å². The number of amides is 1. The second kappa shape index (κ2) is 7.77. The molecule has 0 radical (unpaired) electrons. The predicted molar refractivity (Wildman–Crippen MR) is 102 cm³/mol. The van der Waals surface area contributed by atoms with E-state index in [9.17, 15) is 4.79 Å². The Morgan fingerprint density at radius 2 is 1.91 bits per heavy atom. The van der Waals surface area contributed by atoms with Gasteiger partial charge in [-0.05, 0) is 59.5 Å². The lowest BCUT2D eigenvalue weighted by Crippen LogP contribution is -2.48. The van der Waals surface area contributed by atoms with E-state index in [1.807, 2.05) is 18.2 Å². The fourth-order valence-electron chi connectivity index (χ4n) is 3.08. The van der Waals surface area contributed by atoms with Crippen LogP contribution in [-0.2, 0) is 21.4 Å². The van der Waals surface area contributed by atoms with Crippen LogP contribution in [0, 0.1) is 2.88 Å². The van der Waals surface area contributed by atoms with Crippen molar-refractivity contribution in [3.05, 3.63) is 55.8 Å². The monoisotopic (exact) mass is 441 g/mol. The maximum atomic E-state index is 13.0. The van der Waals surface area contributed by atoms with Gasteiger partial charge in [0.15, 0.2) is 0 Å². The highest BCUT2D eigenvalue weighted by Gasteiger charge is 2.41. The minimum Gasteiger partial charge on any atom is -0.381 e. The van der Waals surface area contributed by atoms with Crippen LogP contribution >= 0.6 is 33.9 Å². The van der Waals surface area contributed by atoms with E-state index >= 15 is 0 Å². The molecule has 0 saturated carbocycles. The Bertz CT molecular complexity index is 650. The average Bonchev–Trinajstić information content (AvgIpc) is 3.01. The number of thiophene rings is 1. The number of ether oxygens (including phenoxy) is 1. The first kappa shape index (κ1) is 16.9. The Hall–Kier alpha value is -0.920. The fraction of sp³-hybridized carbons (Fsp3) is 0.389. The summed E-state index contributed by atoms with van der Waals surface area (Å²) >= 11 is 4.11. The van der Waals surface area contributed by atoms with Crippen LogP contribution in [0.2, 0.25) is 0 Å². The zero-order chi connectivity index (χ0) is 16.1. The van der Waals surface area contributed by atoms with Crippen LogP contribution in [0.4, 0.5) is 0 Å². The van der Waals surface area contributed by atoms with Gasteiger partial charge >= 0.3 is 0 Å². The highest BCUT2D eigenvalue weighted by molar-refractivity contribution is 14.1. The summed E-state index contributed by atoms with van der Waals surface area (Å²) in [7, 11) is 0. The maximum Gasteiger partial charge on any atom is 0.230 e. The number of benzene rings is 1. The number of nitrogens with one attached hydrogen (secondary N) is 1. The third-order valence-electron chi connectivity index (χ3n) is 4.39. The van der Waals surface area contributed by atoms with E-state index in [0.717, 1.165) is 24.8 Å². The normalized spacial score (nSPS) is 16.9. The molecule has 1 fully saturated rings. The van der Waals surface area contributed by atoms with Gasteiger partial charge in [0, 0.05) is 24.6 Å². The number of hydrogen-bond donors (Lipinski definition) is 1. The summed E-state index contributed by atoms with van der Waals surface area (Å²) < 4.78 is 6.78. The maximum absolute atomic E-state index is 13.0. The summed E-state index contributed by atoms with van der Waals surface area (Å²) in [6, 6.07) is 14.4. The van der Waals surface area contributed by atoms with E-state index in [-0.39, 0.29) is 5.91 Å². The summed E-state index contributed by atoms with van der Waals surface area (Å²) in [6.07, 6.45) is 2.39. The van der Waals surface area contributed by atoms with E-state index < -0.39 is 5.41 Å². The highest BCUT2D eigenvalue weighted by Crippen LogP contribution is 2.35. The van der Waals surface area contributed by atoms with Crippen molar-refractivity contribution in [2.75, 3.05) is 19.8 Å². The number of carbonyl (C=O) groups excluding carboxylic acids is 1. The van der Waals surface area contributed by atoms with Gasteiger partial charge in [0.05, 0.1) is 8.30 Å². The lowest BCUT2D eigenvalue weighted by molar-refractivity contribution is -0.130. The van der Waals surface area contributed by atoms with E-state index in [2.05, 4.69) is 52.2 Å². The molecular weight excluding hydrogens is 421 g/mol. The Morgan fingerprint density at radius 3 is 2.57 bits per heavy atom. The lowest BCUT2D eigenvalue weighted by Gasteiger charge is -2.36. The van der Waals surface area contributed by atoms with Crippen LogP contribution in [-0.4, -0.2) is 25.7 Å². The van der Waals surface area contributed by atoms with Crippen molar-refractivity contribution in [1.29, 1.82) is 0 Å². The molecule has 0 spiro atoms. The molecule has 5 heteroatoms. The summed E-state index contributed by atoms with van der Waals surface area (Å²) in [6.45, 7) is 1.97. The van der Waals surface area contributed by atoms with Gasteiger partial charge in [-0.1, -0.05) is 30.3 Å². The highest BCUT2D eigenvalue weighted by atomic mass is 127. The van der Waals surface area contributed by atoms with Gasteiger partial charge in [0.1, 0.15) is 0 Å². The molecule has 122 valence electrons. The molecule has 0 aliphatic carbocycles. The van der Waals surface area contributed by atoms with Crippen molar-refractivity contribution in [2.24, 2.45) is 0 Å². The molecule has 1 N–H and O–H groups in total. The second-order valence-corrected chi connectivity index (χ2v) is 8.83. The van der Waals surface area contributed by atoms with Gasteiger partial charge in [-0.25, -0.2) is 0 Å². The summed E-state index contributed by atoms with van der Waals surface area (Å²) in [5.74, 6) is 0.137. The zero-order valence-electron chi connectivity index (χ0n) is 12.9. The van der Waals surface area contributed by atoms with Crippen LogP contribution < -0.4 is 5.32 Å². The van der Waals surface area contributed by atoms with Crippen molar-refractivity contribution < 1.29 is 9.53 Å². The van der Waals surface area contributed by atoms with Crippen molar-refractivity contribution in [3.8, 4) is 0 Å². The van der Waals surface area contributed by atoms with E-state index in [1.54, 1.807) is 11.3 Å². The minimum absolute atomic E-state index is 0.137. The molecule has 3 rings (SSSR count). The molecule has 0 unspecified atom stereocenters. The molecule has 0 bridgehead atoms. The van der Waals surface area contributed by atoms with E-state index in [0.29, 0.717) is 19.8 Å². The number of carbonyl (C=O) groups is 1. The molecule has 1 saturated heterocycles. The molecule has 2 aromatic rings. The minimum atomic E-state index is -0.441. The van der Waals surface area contributed by atoms with Gasteiger partial charge in [0.2, 0.25) is 5.91 Å². The topological polar surface area (TPSA) is 38.3 Å². The molecule has 1 amide bonds. The van der Waals surface area contributed by atoms with E-state index in [4.69, 9.17) is 4.74 Å². The van der Waals surface area contributed by atoms with Crippen molar-refractivity contribution >= 4 is 39.8 Å². The SMILES string of the molecule is O=C(NCCc1ccc(I)s1)C1(c2ccccc2)CCOCC1. The molecule has 3 nitrogen and oxygen atoms in total. The van der Waals surface area contributed by atoms with Crippen LogP contribution in [0.15, 0.2) is 42.5 Å². The predicted octanol–water partition coefficient (Wildman–Crippen LogP) is 3.76. The largest absolute Gasteiger partial charge is 0.381 e. The van der Waals surface area contributed by atoms with Crippen molar-refractivity contribution in [2.45, 2.75) is 24.7 Å². The number of rotatable bonds is 5. The third kappa shape index (κ3) is 3.95. The Morgan fingerprint density at radius 1 is 1.17 bits per heavy atom. The molecule has 0 atom stereocenters. The molecule has 2 heterocycles. The van der Waals surface area contributed by atoms with Crippen LogP contribution in [0.1, 0.15) is 23.3 Å². The van der Waals surface area contributed by atoms with Gasteiger partial charge < -0.3 is 10.1 Å². The Balaban J connectivity index is 1.68.